The maximum Gasteiger partial charge on any atom is 0.242 e. The summed E-state index contributed by atoms with van der Waals surface area (Å²) in [6.45, 7) is 7.97. The maximum absolute atomic E-state index is 14.0. The highest BCUT2D eigenvalue weighted by Gasteiger charge is 2.38. The lowest BCUT2D eigenvalue weighted by atomic mass is 9.97. The molecule has 3 heterocycles. The van der Waals surface area contributed by atoms with Gasteiger partial charge in [0, 0.05) is 37.3 Å². The summed E-state index contributed by atoms with van der Waals surface area (Å²) in [6, 6.07) is 24.2. The van der Waals surface area contributed by atoms with E-state index in [-0.39, 0.29) is 35.2 Å². The van der Waals surface area contributed by atoms with Crippen LogP contribution in [0.25, 0.3) is 16.9 Å². The molecule has 3 aromatic carbocycles. The molecule has 2 aliphatic rings. The fourth-order valence-electron chi connectivity index (χ4n) is 5.77. The van der Waals surface area contributed by atoms with Crippen molar-refractivity contribution in [1.29, 1.82) is 0 Å². The molecule has 0 spiro atoms. The second kappa shape index (κ2) is 12.1. The standard InChI is InChI=1S/C33H34FN5O2S/c1-3-36-17-19-37(20-18-36)28(40)21-38-29(41)22-42-32(27-12-8-7-9-23(27)2)30-31(24-10-5-4-6-11-24)35-39(33(30)38)26-15-13-25(34)14-16-26/h4-16,32H,3,17-22H2,1-2H3. The summed E-state index contributed by atoms with van der Waals surface area (Å²) < 4.78 is 15.7. The zero-order chi connectivity index (χ0) is 29.2. The van der Waals surface area contributed by atoms with Crippen LogP contribution >= 0.6 is 11.8 Å². The highest BCUT2D eigenvalue weighted by molar-refractivity contribution is 8.00. The number of likely N-dealkylation sites (N-methyl/N-ethyl adjacent to an activating group) is 1. The Hall–Kier alpha value is -3.95. The van der Waals surface area contributed by atoms with E-state index in [2.05, 4.69) is 30.9 Å². The number of nitrogens with zero attached hydrogens (tertiary/aromatic N) is 5. The number of anilines is 1. The predicted molar refractivity (Wildman–Crippen MR) is 165 cm³/mol. The lowest BCUT2D eigenvalue weighted by Crippen LogP contribution is -2.52. The van der Waals surface area contributed by atoms with Gasteiger partial charge >= 0.3 is 0 Å². The number of benzene rings is 3. The lowest BCUT2D eigenvalue weighted by molar-refractivity contribution is -0.132. The molecule has 216 valence electrons. The molecule has 2 aliphatic heterocycles. The number of carbonyl (C=O) groups is 2. The van der Waals surface area contributed by atoms with Gasteiger partial charge in [0.05, 0.1) is 22.4 Å². The fraction of sp³-hybridized carbons (Fsp3) is 0.303. The van der Waals surface area contributed by atoms with Gasteiger partial charge in [0.2, 0.25) is 11.8 Å². The summed E-state index contributed by atoms with van der Waals surface area (Å²) in [6.07, 6.45) is 0. The van der Waals surface area contributed by atoms with E-state index in [1.165, 1.54) is 12.1 Å². The smallest absolute Gasteiger partial charge is 0.242 e. The molecule has 1 fully saturated rings. The molecule has 1 unspecified atom stereocenters. The molecular formula is C33H34FN5O2S. The summed E-state index contributed by atoms with van der Waals surface area (Å²) in [5.74, 6) is 0.174. The Labute approximate surface area is 249 Å². The van der Waals surface area contributed by atoms with Crippen LogP contribution in [-0.2, 0) is 9.59 Å². The molecule has 42 heavy (non-hydrogen) atoms. The quantitative estimate of drug-likeness (QED) is 0.308. The molecule has 1 saturated heterocycles. The number of piperazine rings is 1. The second-order valence-corrected chi connectivity index (χ2v) is 11.8. The molecule has 0 saturated carbocycles. The van der Waals surface area contributed by atoms with Crippen molar-refractivity contribution in [2.24, 2.45) is 0 Å². The average Bonchev–Trinajstić information content (AvgIpc) is 3.35. The minimum Gasteiger partial charge on any atom is -0.339 e. The Kier molecular flexibility index (Phi) is 8.13. The van der Waals surface area contributed by atoms with Gasteiger partial charge in [-0.25, -0.2) is 9.07 Å². The summed E-state index contributed by atoms with van der Waals surface area (Å²) in [4.78, 5) is 33.5. The van der Waals surface area contributed by atoms with Crippen LogP contribution in [0.2, 0.25) is 0 Å². The van der Waals surface area contributed by atoms with E-state index in [1.807, 2.05) is 47.4 Å². The van der Waals surface area contributed by atoms with E-state index in [4.69, 9.17) is 5.10 Å². The molecule has 1 aromatic heterocycles. The number of hydrogen-bond donors (Lipinski definition) is 0. The van der Waals surface area contributed by atoms with Gasteiger partial charge in [-0.1, -0.05) is 61.5 Å². The van der Waals surface area contributed by atoms with Crippen molar-refractivity contribution < 1.29 is 14.0 Å². The number of hydrogen-bond acceptors (Lipinski definition) is 5. The second-order valence-electron chi connectivity index (χ2n) is 10.7. The number of carbonyl (C=O) groups excluding carboxylic acids is 2. The zero-order valence-electron chi connectivity index (χ0n) is 23.9. The van der Waals surface area contributed by atoms with Gasteiger partial charge in [0.1, 0.15) is 18.2 Å². The molecular weight excluding hydrogens is 549 g/mol. The minimum absolute atomic E-state index is 0.0832. The van der Waals surface area contributed by atoms with Crippen LogP contribution in [-0.4, -0.2) is 76.4 Å². The lowest BCUT2D eigenvalue weighted by Gasteiger charge is -2.35. The van der Waals surface area contributed by atoms with Gasteiger partial charge in [0.15, 0.2) is 0 Å². The van der Waals surface area contributed by atoms with Gasteiger partial charge < -0.3 is 9.80 Å². The van der Waals surface area contributed by atoms with Crippen LogP contribution in [0.5, 0.6) is 0 Å². The Bertz CT molecular complexity index is 1580. The Morgan fingerprint density at radius 3 is 2.33 bits per heavy atom. The number of aromatic nitrogens is 2. The Balaban J connectivity index is 1.54. The number of thioether (sulfide) groups is 1. The van der Waals surface area contributed by atoms with E-state index < -0.39 is 0 Å². The van der Waals surface area contributed by atoms with Crippen molar-refractivity contribution >= 4 is 29.4 Å². The molecule has 7 nitrogen and oxygen atoms in total. The normalized spacial score (nSPS) is 17.7. The van der Waals surface area contributed by atoms with Crippen molar-refractivity contribution in [3.63, 3.8) is 0 Å². The van der Waals surface area contributed by atoms with Crippen LogP contribution in [0.3, 0.4) is 0 Å². The number of amides is 2. The highest BCUT2D eigenvalue weighted by Crippen LogP contribution is 2.49. The van der Waals surface area contributed by atoms with Gasteiger partial charge in [-0.3, -0.25) is 14.5 Å². The molecule has 9 heteroatoms. The first kappa shape index (κ1) is 28.2. The SMILES string of the molecule is CCN1CCN(C(=O)CN2C(=O)CSC(c3ccccc3C)c3c(-c4ccccc4)nn(-c4ccc(F)cc4)c32)CC1. The summed E-state index contributed by atoms with van der Waals surface area (Å²) in [5, 5.41) is 4.88. The number of halogens is 1. The number of fused-ring (bicyclic) bond motifs is 1. The largest absolute Gasteiger partial charge is 0.339 e. The van der Waals surface area contributed by atoms with Crippen LogP contribution in [0.1, 0.15) is 28.9 Å². The van der Waals surface area contributed by atoms with Gasteiger partial charge in [-0.15, -0.1) is 11.8 Å². The third-order valence-electron chi connectivity index (χ3n) is 8.14. The Morgan fingerprint density at radius 1 is 0.952 bits per heavy atom. The summed E-state index contributed by atoms with van der Waals surface area (Å²) >= 11 is 1.56. The first-order valence-electron chi connectivity index (χ1n) is 14.4. The molecule has 0 N–H and O–H groups in total. The average molecular weight is 584 g/mol. The van der Waals surface area contributed by atoms with E-state index >= 15 is 0 Å². The predicted octanol–water partition coefficient (Wildman–Crippen LogP) is 5.32. The van der Waals surface area contributed by atoms with E-state index in [9.17, 15) is 14.0 Å². The first-order valence-corrected chi connectivity index (χ1v) is 15.4. The van der Waals surface area contributed by atoms with Crippen LogP contribution in [0.4, 0.5) is 10.2 Å². The first-order chi connectivity index (χ1) is 20.4. The van der Waals surface area contributed by atoms with Crippen molar-refractivity contribution in [2.75, 3.05) is 49.9 Å². The molecule has 4 aromatic rings. The number of aryl methyl sites for hydroxylation is 1. The van der Waals surface area contributed by atoms with Crippen molar-refractivity contribution in [2.45, 2.75) is 19.1 Å². The molecule has 0 radical (unpaired) electrons. The van der Waals surface area contributed by atoms with Gasteiger partial charge in [-0.2, -0.15) is 5.10 Å². The third-order valence-corrected chi connectivity index (χ3v) is 9.38. The highest BCUT2D eigenvalue weighted by atomic mass is 32.2. The van der Waals surface area contributed by atoms with E-state index in [0.717, 1.165) is 47.6 Å². The molecule has 1 atom stereocenters. The van der Waals surface area contributed by atoms with Crippen LogP contribution < -0.4 is 4.90 Å². The van der Waals surface area contributed by atoms with Gasteiger partial charge in [0.25, 0.3) is 0 Å². The zero-order valence-corrected chi connectivity index (χ0v) is 24.7. The van der Waals surface area contributed by atoms with E-state index in [1.54, 1.807) is 33.5 Å². The minimum atomic E-state index is -0.358. The van der Waals surface area contributed by atoms with Crippen molar-refractivity contribution in [3.05, 3.63) is 101 Å². The van der Waals surface area contributed by atoms with E-state index in [0.29, 0.717) is 24.6 Å². The maximum atomic E-state index is 14.0. The van der Waals surface area contributed by atoms with Crippen LogP contribution in [0.15, 0.2) is 78.9 Å². The third kappa shape index (κ3) is 5.46. The Morgan fingerprint density at radius 2 is 1.64 bits per heavy atom. The van der Waals surface area contributed by atoms with Crippen molar-refractivity contribution in [1.82, 2.24) is 19.6 Å². The monoisotopic (exact) mass is 583 g/mol. The molecule has 2 amide bonds. The molecule has 0 bridgehead atoms. The van der Waals surface area contributed by atoms with Crippen molar-refractivity contribution in [3.8, 4) is 16.9 Å². The summed E-state index contributed by atoms with van der Waals surface area (Å²) in [7, 11) is 0. The van der Waals surface area contributed by atoms with Gasteiger partial charge in [-0.05, 0) is 48.9 Å². The summed E-state index contributed by atoms with van der Waals surface area (Å²) in [5.41, 5.74) is 5.34. The molecule has 0 aliphatic carbocycles. The fourth-order valence-corrected chi connectivity index (χ4v) is 7.06. The topological polar surface area (TPSA) is 61.7 Å². The van der Waals surface area contributed by atoms with Crippen LogP contribution in [0, 0.1) is 12.7 Å². The number of rotatable bonds is 6. The molecule has 6 rings (SSSR count).